The van der Waals surface area contributed by atoms with Gasteiger partial charge in [-0.2, -0.15) is 0 Å². The summed E-state index contributed by atoms with van der Waals surface area (Å²) in [6.45, 7) is 2.65. The van der Waals surface area contributed by atoms with Crippen LogP contribution in [0.1, 0.15) is 39.0 Å². The van der Waals surface area contributed by atoms with E-state index in [1.54, 1.807) is 0 Å². The highest BCUT2D eigenvalue weighted by Gasteiger charge is 2.38. The van der Waals surface area contributed by atoms with Crippen molar-refractivity contribution >= 4 is 30.8 Å². The van der Waals surface area contributed by atoms with Crippen LogP contribution in [-0.2, 0) is 4.79 Å². The van der Waals surface area contributed by atoms with Gasteiger partial charge in [0.15, 0.2) is 0 Å². The SMILES string of the molecule is CC1CCCCC1(CN)CC(=O)O.Cl.Cl. The molecule has 15 heavy (non-hydrogen) atoms. The molecule has 1 aliphatic rings. The van der Waals surface area contributed by atoms with E-state index in [9.17, 15) is 4.79 Å². The summed E-state index contributed by atoms with van der Waals surface area (Å²) in [6.07, 6.45) is 4.71. The van der Waals surface area contributed by atoms with Crippen LogP contribution in [0.3, 0.4) is 0 Å². The van der Waals surface area contributed by atoms with Gasteiger partial charge in [-0.3, -0.25) is 4.79 Å². The quantitative estimate of drug-likeness (QED) is 0.817. The number of nitrogens with two attached hydrogens (primary N) is 1. The van der Waals surface area contributed by atoms with Gasteiger partial charge in [0.1, 0.15) is 0 Å². The summed E-state index contributed by atoms with van der Waals surface area (Å²) in [6, 6.07) is 0. The van der Waals surface area contributed by atoms with Crippen molar-refractivity contribution in [3.63, 3.8) is 0 Å². The standard InChI is InChI=1S/C10H19NO2.2ClH/c1-8-4-2-3-5-10(8,7-11)6-9(12)13;;/h8H,2-7,11H2,1H3,(H,12,13);2*1H. The lowest BCUT2D eigenvalue weighted by molar-refractivity contribution is -0.141. The Morgan fingerprint density at radius 2 is 2.07 bits per heavy atom. The zero-order valence-corrected chi connectivity index (χ0v) is 10.7. The van der Waals surface area contributed by atoms with E-state index in [4.69, 9.17) is 10.8 Å². The average molecular weight is 258 g/mol. The maximum atomic E-state index is 10.7. The first kappa shape index (κ1) is 17.4. The first-order chi connectivity index (χ1) is 6.10. The molecule has 0 saturated heterocycles. The molecule has 0 heterocycles. The third-order valence-electron chi connectivity index (χ3n) is 3.52. The highest BCUT2D eigenvalue weighted by molar-refractivity contribution is 5.85. The summed E-state index contributed by atoms with van der Waals surface area (Å²) in [7, 11) is 0. The highest BCUT2D eigenvalue weighted by atomic mass is 35.5. The van der Waals surface area contributed by atoms with E-state index in [0.29, 0.717) is 12.5 Å². The Hall–Kier alpha value is 0.01000. The zero-order chi connectivity index (χ0) is 9.90. The van der Waals surface area contributed by atoms with Gasteiger partial charge in [-0.05, 0) is 24.3 Å². The fourth-order valence-electron chi connectivity index (χ4n) is 2.42. The lowest BCUT2D eigenvalue weighted by Gasteiger charge is -2.40. The number of carbonyl (C=O) groups is 1. The van der Waals surface area contributed by atoms with Crippen LogP contribution in [0.15, 0.2) is 0 Å². The highest BCUT2D eigenvalue weighted by Crippen LogP contribution is 2.42. The topological polar surface area (TPSA) is 63.3 Å². The van der Waals surface area contributed by atoms with Gasteiger partial charge in [-0.25, -0.2) is 0 Å². The van der Waals surface area contributed by atoms with Crippen LogP contribution >= 0.6 is 24.8 Å². The second-order valence-corrected chi connectivity index (χ2v) is 4.28. The monoisotopic (exact) mass is 257 g/mol. The minimum atomic E-state index is -0.709. The molecule has 3 nitrogen and oxygen atoms in total. The maximum absolute atomic E-state index is 10.7. The number of carboxylic acids is 1. The van der Waals surface area contributed by atoms with E-state index in [0.717, 1.165) is 19.3 Å². The largest absolute Gasteiger partial charge is 0.481 e. The second kappa shape index (κ2) is 7.31. The Morgan fingerprint density at radius 1 is 1.47 bits per heavy atom. The summed E-state index contributed by atoms with van der Waals surface area (Å²) in [5.41, 5.74) is 5.59. The Kier molecular flexibility index (Phi) is 8.48. The third kappa shape index (κ3) is 4.17. The Labute approximate surface area is 104 Å². The van der Waals surface area contributed by atoms with E-state index in [-0.39, 0.29) is 36.6 Å². The predicted molar refractivity (Wildman–Crippen MR) is 65.9 cm³/mol. The molecule has 1 fully saturated rings. The molecule has 2 unspecified atom stereocenters. The van der Waals surface area contributed by atoms with Crippen molar-refractivity contribution in [1.29, 1.82) is 0 Å². The number of carboxylic acid groups (broad SMARTS) is 1. The fraction of sp³-hybridized carbons (Fsp3) is 0.900. The number of halogens is 2. The molecule has 2 atom stereocenters. The van der Waals surface area contributed by atoms with Crippen molar-refractivity contribution in [1.82, 2.24) is 0 Å². The van der Waals surface area contributed by atoms with Crippen molar-refractivity contribution in [3.8, 4) is 0 Å². The summed E-state index contributed by atoms with van der Waals surface area (Å²) in [5.74, 6) is -0.249. The summed E-state index contributed by atoms with van der Waals surface area (Å²) < 4.78 is 0. The van der Waals surface area contributed by atoms with Crippen LogP contribution in [0, 0.1) is 11.3 Å². The van der Waals surface area contributed by atoms with Gasteiger partial charge in [-0.1, -0.05) is 26.2 Å². The molecule has 0 aliphatic heterocycles. The molecular weight excluding hydrogens is 237 g/mol. The van der Waals surface area contributed by atoms with Crippen LogP contribution in [0.25, 0.3) is 0 Å². The van der Waals surface area contributed by atoms with Crippen LogP contribution in [-0.4, -0.2) is 17.6 Å². The number of hydrogen-bond donors (Lipinski definition) is 2. The summed E-state index contributed by atoms with van der Waals surface area (Å²) in [5, 5.41) is 8.82. The van der Waals surface area contributed by atoms with Crippen molar-refractivity contribution in [3.05, 3.63) is 0 Å². The average Bonchev–Trinajstić information content (AvgIpc) is 2.08. The first-order valence-electron chi connectivity index (χ1n) is 5.02. The molecule has 0 spiro atoms. The molecule has 3 N–H and O–H groups in total. The molecule has 0 aromatic carbocycles. The van der Waals surface area contributed by atoms with Gasteiger partial charge in [0.2, 0.25) is 0 Å². The fourth-order valence-corrected chi connectivity index (χ4v) is 2.42. The van der Waals surface area contributed by atoms with E-state index in [2.05, 4.69) is 6.92 Å². The van der Waals surface area contributed by atoms with Crippen molar-refractivity contribution in [2.45, 2.75) is 39.0 Å². The van der Waals surface area contributed by atoms with Gasteiger partial charge >= 0.3 is 5.97 Å². The lowest BCUT2D eigenvalue weighted by atomic mass is 9.65. The van der Waals surface area contributed by atoms with Gasteiger partial charge in [0, 0.05) is 0 Å². The van der Waals surface area contributed by atoms with Crippen LogP contribution in [0.2, 0.25) is 0 Å². The second-order valence-electron chi connectivity index (χ2n) is 4.28. The molecule has 0 aromatic rings. The Balaban J connectivity index is 0. The molecule has 0 radical (unpaired) electrons. The first-order valence-corrected chi connectivity index (χ1v) is 5.02. The summed E-state index contributed by atoms with van der Waals surface area (Å²) >= 11 is 0. The van der Waals surface area contributed by atoms with E-state index < -0.39 is 5.97 Å². The van der Waals surface area contributed by atoms with Gasteiger partial charge in [-0.15, -0.1) is 24.8 Å². The molecule has 1 rings (SSSR count). The van der Waals surface area contributed by atoms with Crippen molar-refractivity contribution in [2.75, 3.05) is 6.54 Å². The Bertz CT molecular complexity index is 202. The van der Waals surface area contributed by atoms with Gasteiger partial charge in [0.25, 0.3) is 0 Å². The smallest absolute Gasteiger partial charge is 0.303 e. The minimum Gasteiger partial charge on any atom is -0.481 e. The van der Waals surface area contributed by atoms with Crippen LogP contribution in [0.4, 0.5) is 0 Å². The molecule has 1 saturated carbocycles. The summed E-state index contributed by atoms with van der Waals surface area (Å²) in [4.78, 5) is 10.7. The van der Waals surface area contributed by atoms with Crippen molar-refractivity contribution in [2.24, 2.45) is 17.1 Å². The molecule has 0 bridgehead atoms. The van der Waals surface area contributed by atoms with Crippen LogP contribution in [0.5, 0.6) is 0 Å². The van der Waals surface area contributed by atoms with Crippen LogP contribution < -0.4 is 5.73 Å². The van der Waals surface area contributed by atoms with Gasteiger partial charge in [0.05, 0.1) is 6.42 Å². The molecular formula is C10H21Cl2NO2. The normalized spacial score (nSPS) is 29.9. The minimum absolute atomic E-state index is 0. The molecule has 0 aromatic heterocycles. The van der Waals surface area contributed by atoms with E-state index >= 15 is 0 Å². The predicted octanol–water partition coefficient (Wildman–Crippen LogP) is 2.46. The lowest BCUT2D eigenvalue weighted by Crippen LogP contribution is -2.40. The molecule has 1 aliphatic carbocycles. The van der Waals surface area contributed by atoms with Gasteiger partial charge < -0.3 is 10.8 Å². The number of rotatable bonds is 3. The van der Waals surface area contributed by atoms with E-state index in [1.165, 1.54) is 6.42 Å². The van der Waals surface area contributed by atoms with Crippen molar-refractivity contribution < 1.29 is 9.90 Å². The number of hydrogen-bond acceptors (Lipinski definition) is 2. The maximum Gasteiger partial charge on any atom is 0.303 e. The van der Waals surface area contributed by atoms with E-state index in [1.807, 2.05) is 0 Å². The molecule has 0 amide bonds. The molecule has 5 heteroatoms. The number of aliphatic carboxylic acids is 1. The third-order valence-corrected chi connectivity index (χ3v) is 3.52. The zero-order valence-electron chi connectivity index (χ0n) is 9.07. The molecule has 92 valence electrons. The Morgan fingerprint density at radius 3 is 2.47 bits per heavy atom.